The third-order valence-corrected chi connectivity index (χ3v) is 14.7. The smallest absolute Gasteiger partial charge is 0.321 e. The number of carbonyl (C=O) groups excluding carboxylic acids is 1. The maximum Gasteiger partial charge on any atom is 0.321 e. The second-order valence-electron chi connectivity index (χ2n) is 16.2. The minimum absolute atomic E-state index is 0.00916. The van der Waals surface area contributed by atoms with Crippen molar-refractivity contribution in [3.05, 3.63) is 0 Å². The number of carbonyl (C=O) groups is 1. The fraction of sp³-hybridized carbons (Fsp3) is 0.969. The van der Waals surface area contributed by atoms with Gasteiger partial charge in [-0.3, -0.25) is 4.79 Å². The highest BCUT2D eigenvalue weighted by Gasteiger charge is 2.72. The van der Waals surface area contributed by atoms with Gasteiger partial charge in [0.15, 0.2) is 0 Å². The normalized spacial score (nSPS) is 54.4. The van der Waals surface area contributed by atoms with E-state index in [9.17, 15) is 4.79 Å². The van der Waals surface area contributed by atoms with Crippen molar-refractivity contribution in [1.82, 2.24) is 0 Å². The van der Waals surface area contributed by atoms with Crippen LogP contribution in [0.15, 0.2) is 0 Å². The summed E-state index contributed by atoms with van der Waals surface area (Å²) < 4.78 is 12.7. The summed E-state index contributed by atoms with van der Waals surface area (Å²) in [4.78, 5) is 12.1. The average Bonchev–Trinajstić information content (AvgIpc) is 3.15. The number of halogens is 1. The zero-order chi connectivity index (χ0) is 25.9. The molecular formula is C32H51ClO3. The van der Waals surface area contributed by atoms with Gasteiger partial charge in [0, 0.05) is 5.41 Å². The van der Waals surface area contributed by atoms with E-state index in [0.717, 1.165) is 30.8 Å². The molecule has 1 heterocycles. The van der Waals surface area contributed by atoms with E-state index >= 15 is 0 Å². The van der Waals surface area contributed by atoms with Crippen LogP contribution in [0.2, 0.25) is 0 Å². The molecule has 0 aromatic rings. The molecule has 6 aliphatic rings. The summed E-state index contributed by atoms with van der Waals surface area (Å²) in [6.45, 7) is 18.8. The lowest BCUT2D eigenvalue weighted by Crippen LogP contribution is -2.68. The fourth-order valence-corrected chi connectivity index (χ4v) is 12.4. The lowest BCUT2D eigenvalue weighted by atomic mass is 9.31. The molecule has 0 amide bonds. The van der Waals surface area contributed by atoms with E-state index < -0.39 is 0 Å². The molecule has 1 saturated heterocycles. The van der Waals surface area contributed by atoms with Crippen LogP contribution in [0.1, 0.15) is 113 Å². The van der Waals surface area contributed by atoms with Crippen molar-refractivity contribution >= 4 is 17.6 Å². The largest absolute Gasteiger partial charge is 0.461 e. The Bertz CT molecular complexity index is 928. The Labute approximate surface area is 225 Å². The van der Waals surface area contributed by atoms with Crippen molar-refractivity contribution in [3.8, 4) is 0 Å². The van der Waals surface area contributed by atoms with Crippen molar-refractivity contribution in [1.29, 1.82) is 0 Å². The molecule has 5 aliphatic carbocycles. The van der Waals surface area contributed by atoms with Crippen molar-refractivity contribution in [2.75, 3.05) is 12.5 Å². The predicted octanol–water partition coefficient (Wildman–Crippen LogP) is 8.03. The van der Waals surface area contributed by atoms with Crippen molar-refractivity contribution < 1.29 is 14.3 Å². The molecule has 6 rings (SSSR count). The van der Waals surface area contributed by atoms with Crippen LogP contribution in [-0.4, -0.2) is 30.7 Å². The van der Waals surface area contributed by atoms with Gasteiger partial charge in [-0.1, -0.05) is 48.5 Å². The number of fused-ring (bicyclic) bond motifs is 5. The topological polar surface area (TPSA) is 35.5 Å². The van der Waals surface area contributed by atoms with Gasteiger partial charge in [0.1, 0.15) is 12.0 Å². The molecule has 0 aromatic heterocycles. The Morgan fingerprint density at radius 1 is 0.833 bits per heavy atom. The molecule has 1 aliphatic heterocycles. The van der Waals surface area contributed by atoms with Crippen molar-refractivity contribution in [2.24, 2.45) is 56.2 Å². The monoisotopic (exact) mass is 518 g/mol. The third kappa shape index (κ3) is 3.11. The van der Waals surface area contributed by atoms with Crippen LogP contribution >= 0.6 is 11.6 Å². The molecule has 10 atom stereocenters. The number of ether oxygens (including phenoxy) is 2. The molecule has 0 spiro atoms. The molecule has 0 radical (unpaired) electrons. The highest BCUT2D eigenvalue weighted by atomic mass is 35.5. The number of alkyl halides is 1. The van der Waals surface area contributed by atoms with Crippen LogP contribution < -0.4 is 0 Å². The zero-order valence-electron chi connectivity index (χ0n) is 24.1. The first kappa shape index (κ1) is 26.0. The van der Waals surface area contributed by atoms with Crippen molar-refractivity contribution in [2.45, 2.75) is 125 Å². The summed E-state index contributed by atoms with van der Waals surface area (Å²) in [7, 11) is 0. The van der Waals surface area contributed by atoms with Crippen LogP contribution in [0.4, 0.5) is 0 Å². The van der Waals surface area contributed by atoms with E-state index in [1.165, 1.54) is 57.8 Å². The minimum Gasteiger partial charge on any atom is -0.461 e. The van der Waals surface area contributed by atoms with Gasteiger partial charge in [-0.05, 0) is 115 Å². The van der Waals surface area contributed by atoms with Gasteiger partial charge in [0.2, 0.25) is 0 Å². The predicted molar refractivity (Wildman–Crippen MR) is 145 cm³/mol. The van der Waals surface area contributed by atoms with E-state index in [-0.39, 0.29) is 23.4 Å². The molecule has 6 fully saturated rings. The molecule has 0 N–H and O–H groups in total. The first-order valence-corrected chi connectivity index (χ1v) is 15.7. The molecule has 36 heavy (non-hydrogen) atoms. The van der Waals surface area contributed by atoms with Gasteiger partial charge >= 0.3 is 5.97 Å². The van der Waals surface area contributed by atoms with E-state index in [1.807, 2.05) is 0 Å². The average molecular weight is 519 g/mol. The standard InChI is InChI=1S/C32H51ClO3/c1-27(2)14-16-32-17-15-30(6)20(25(32)26(27)35-19-32)8-9-22-29(5)12-11-23(36-24(34)18-33)28(3,4)21(29)10-13-31(22,30)7/h20-23,25-26H,8-19H2,1-7H3/t20-,21+,22-,23+,25-,26-,29+,30-,31-,32-/m1/s1. The maximum atomic E-state index is 12.1. The Kier molecular flexibility index (Phi) is 5.69. The quantitative estimate of drug-likeness (QED) is 0.274. The van der Waals surface area contributed by atoms with Gasteiger partial charge in [-0.15, -0.1) is 11.6 Å². The molecule has 0 unspecified atom stereocenters. The van der Waals surface area contributed by atoms with Crippen LogP contribution in [0.5, 0.6) is 0 Å². The molecule has 0 aromatic carbocycles. The lowest BCUT2D eigenvalue weighted by molar-refractivity contribution is -0.254. The highest BCUT2D eigenvalue weighted by Crippen LogP contribution is 2.78. The summed E-state index contributed by atoms with van der Waals surface area (Å²) in [5.74, 6) is 2.60. The number of rotatable bonds is 2. The second kappa shape index (κ2) is 7.89. The van der Waals surface area contributed by atoms with Gasteiger partial charge in [0.05, 0.1) is 12.7 Å². The third-order valence-electron chi connectivity index (χ3n) is 14.5. The van der Waals surface area contributed by atoms with E-state index in [4.69, 9.17) is 21.1 Å². The molecule has 204 valence electrons. The van der Waals surface area contributed by atoms with Crippen LogP contribution in [0, 0.1) is 56.2 Å². The molecule has 4 heteroatoms. The van der Waals surface area contributed by atoms with Crippen LogP contribution in [0.25, 0.3) is 0 Å². The van der Waals surface area contributed by atoms with Crippen LogP contribution in [0.3, 0.4) is 0 Å². The fourth-order valence-electron chi connectivity index (χ4n) is 12.3. The van der Waals surface area contributed by atoms with E-state index in [2.05, 4.69) is 48.5 Å². The first-order valence-electron chi connectivity index (χ1n) is 15.1. The SMILES string of the molecule is CC1(C)CC[C@]23CC[C@]4(C)[C@H](CC[C@@H]5[C@@]6(C)CC[C@H](OC(=O)CCl)C(C)(C)[C@@H]6CC[C@]54C)[C@@H]2[C@H]1OC3. The molecule has 3 nitrogen and oxygen atoms in total. The minimum atomic E-state index is -0.254. The molecular weight excluding hydrogens is 468 g/mol. The maximum absolute atomic E-state index is 12.1. The molecule has 2 bridgehead atoms. The van der Waals surface area contributed by atoms with E-state index in [0.29, 0.717) is 39.1 Å². The van der Waals surface area contributed by atoms with Crippen LogP contribution in [-0.2, 0) is 14.3 Å². The molecule has 5 saturated carbocycles. The Morgan fingerprint density at radius 2 is 1.56 bits per heavy atom. The number of esters is 1. The van der Waals surface area contributed by atoms with E-state index in [1.54, 1.807) is 0 Å². The highest BCUT2D eigenvalue weighted by molar-refractivity contribution is 6.26. The van der Waals surface area contributed by atoms with Gasteiger partial charge < -0.3 is 9.47 Å². The summed E-state index contributed by atoms with van der Waals surface area (Å²) in [6.07, 6.45) is 13.4. The zero-order valence-corrected chi connectivity index (χ0v) is 24.8. The first-order chi connectivity index (χ1) is 16.8. The lowest BCUT2D eigenvalue weighted by Gasteiger charge is -2.73. The number of hydrogen-bond donors (Lipinski definition) is 0. The van der Waals surface area contributed by atoms with Crippen molar-refractivity contribution in [3.63, 3.8) is 0 Å². The summed E-state index contributed by atoms with van der Waals surface area (Å²) in [6, 6.07) is 0. The Morgan fingerprint density at radius 3 is 2.28 bits per heavy atom. The summed E-state index contributed by atoms with van der Waals surface area (Å²) in [5.41, 5.74) is 1.84. The summed E-state index contributed by atoms with van der Waals surface area (Å²) >= 11 is 5.83. The second-order valence-corrected chi connectivity index (χ2v) is 16.5. The van der Waals surface area contributed by atoms with Gasteiger partial charge in [-0.25, -0.2) is 0 Å². The summed E-state index contributed by atoms with van der Waals surface area (Å²) in [5, 5.41) is 0. The Balaban J connectivity index is 1.33. The Hall–Kier alpha value is -0.280. The van der Waals surface area contributed by atoms with Gasteiger partial charge in [-0.2, -0.15) is 0 Å². The number of hydrogen-bond acceptors (Lipinski definition) is 3. The van der Waals surface area contributed by atoms with Gasteiger partial charge in [0.25, 0.3) is 0 Å².